The Bertz CT molecular complexity index is 1350. The molecule has 1 saturated heterocycles. The highest BCUT2D eigenvalue weighted by Gasteiger charge is 2.35. The molecule has 0 aliphatic carbocycles. The molecule has 0 saturated carbocycles. The number of fused-ring (bicyclic) bond motifs is 1. The van der Waals surface area contributed by atoms with Crippen molar-refractivity contribution in [2.24, 2.45) is 0 Å². The Hall–Kier alpha value is -4.66. The third-order valence-electron chi connectivity index (χ3n) is 6.34. The van der Waals surface area contributed by atoms with Crippen LogP contribution in [0.3, 0.4) is 0 Å². The molecular formula is C28H26N4O5. The van der Waals surface area contributed by atoms with Crippen molar-refractivity contribution in [3.05, 3.63) is 89.0 Å². The van der Waals surface area contributed by atoms with E-state index in [1.54, 1.807) is 54.6 Å². The number of carbonyl (C=O) groups is 4. The number of rotatable bonds is 7. The van der Waals surface area contributed by atoms with Gasteiger partial charge in [0.15, 0.2) is 0 Å². The predicted octanol–water partition coefficient (Wildman–Crippen LogP) is 3.07. The molecule has 2 aliphatic heterocycles. The predicted molar refractivity (Wildman–Crippen MR) is 138 cm³/mol. The Balaban J connectivity index is 1.33. The zero-order valence-corrected chi connectivity index (χ0v) is 20.3. The van der Waals surface area contributed by atoms with E-state index in [1.165, 1.54) is 4.90 Å². The molecule has 188 valence electrons. The van der Waals surface area contributed by atoms with Crippen LogP contribution in [0.5, 0.6) is 5.75 Å². The number of anilines is 2. The molecular weight excluding hydrogens is 472 g/mol. The van der Waals surface area contributed by atoms with Crippen LogP contribution in [0.1, 0.15) is 43.6 Å². The summed E-state index contributed by atoms with van der Waals surface area (Å²) in [7, 11) is 0. The summed E-state index contributed by atoms with van der Waals surface area (Å²) in [6, 6.07) is 19.1. The molecule has 2 heterocycles. The molecule has 9 heteroatoms. The molecule has 0 atom stereocenters. The van der Waals surface area contributed by atoms with Crippen LogP contribution in [0.2, 0.25) is 0 Å². The zero-order valence-electron chi connectivity index (χ0n) is 20.3. The average Bonchev–Trinajstić information content (AvgIpc) is 3.15. The SMILES string of the molecule is CCOc1ccc(CN2C(=O)c3ccccc3C2=O)cc1C(=O)Nc1ccc(N2CCNC(=O)C2)cc1. The number of imide groups is 1. The number of piperazine rings is 1. The Morgan fingerprint density at radius 1 is 0.973 bits per heavy atom. The number of benzene rings is 3. The average molecular weight is 499 g/mol. The lowest BCUT2D eigenvalue weighted by Gasteiger charge is -2.28. The second-order valence-electron chi connectivity index (χ2n) is 8.78. The van der Waals surface area contributed by atoms with Gasteiger partial charge in [0.2, 0.25) is 5.91 Å². The first-order chi connectivity index (χ1) is 17.9. The fraction of sp³-hybridized carbons (Fsp3) is 0.214. The van der Waals surface area contributed by atoms with Crippen molar-refractivity contribution >= 4 is 35.0 Å². The standard InChI is InChI=1S/C28H26N4O5/c1-2-37-24-12-7-18(16-32-27(35)21-5-3-4-6-22(21)28(32)36)15-23(24)26(34)30-19-8-10-20(11-9-19)31-14-13-29-25(33)17-31/h3-12,15H,2,13-14,16-17H2,1H3,(H,29,33)(H,30,34). The van der Waals surface area contributed by atoms with Gasteiger partial charge < -0.3 is 20.3 Å². The second kappa shape index (κ2) is 10.1. The van der Waals surface area contributed by atoms with E-state index >= 15 is 0 Å². The van der Waals surface area contributed by atoms with Gasteiger partial charge in [-0.3, -0.25) is 24.1 Å². The minimum atomic E-state index is -0.377. The highest BCUT2D eigenvalue weighted by molar-refractivity contribution is 6.21. The Kier molecular flexibility index (Phi) is 6.59. The molecule has 3 aromatic carbocycles. The molecule has 0 spiro atoms. The quantitative estimate of drug-likeness (QED) is 0.485. The summed E-state index contributed by atoms with van der Waals surface area (Å²) in [6.07, 6.45) is 0. The summed E-state index contributed by atoms with van der Waals surface area (Å²) in [6.45, 7) is 3.84. The van der Waals surface area contributed by atoms with Crippen LogP contribution in [0.4, 0.5) is 11.4 Å². The second-order valence-corrected chi connectivity index (χ2v) is 8.78. The number of ether oxygens (including phenoxy) is 1. The van der Waals surface area contributed by atoms with Crippen LogP contribution < -0.4 is 20.3 Å². The Morgan fingerprint density at radius 2 is 1.68 bits per heavy atom. The summed E-state index contributed by atoms with van der Waals surface area (Å²) in [4.78, 5) is 53.6. The van der Waals surface area contributed by atoms with Gasteiger partial charge in [0.1, 0.15) is 5.75 Å². The van der Waals surface area contributed by atoms with E-state index in [2.05, 4.69) is 10.6 Å². The fourth-order valence-electron chi connectivity index (χ4n) is 4.51. The summed E-state index contributed by atoms with van der Waals surface area (Å²) < 4.78 is 5.67. The molecule has 4 amide bonds. The van der Waals surface area contributed by atoms with Crippen molar-refractivity contribution in [3.8, 4) is 5.75 Å². The fourth-order valence-corrected chi connectivity index (χ4v) is 4.51. The normalized spacial score (nSPS) is 14.9. The van der Waals surface area contributed by atoms with Gasteiger partial charge in [-0.05, 0) is 61.0 Å². The molecule has 5 rings (SSSR count). The van der Waals surface area contributed by atoms with E-state index in [9.17, 15) is 19.2 Å². The number of hydrogen-bond acceptors (Lipinski definition) is 6. The van der Waals surface area contributed by atoms with Crippen molar-refractivity contribution in [3.63, 3.8) is 0 Å². The minimum Gasteiger partial charge on any atom is -0.493 e. The lowest BCUT2D eigenvalue weighted by molar-refractivity contribution is -0.120. The molecule has 2 aliphatic rings. The first kappa shape index (κ1) is 24.1. The van der Waals surface area contributed by atoms with Crippen molar-refractivity contribution in [1.82, 2.24) is 10.2 Å². The van der Waals surface area contributed by atoms with E-state index in [0.717, 1.165) is 12.2 Å². The van der Waals surface area contributed by atoms with Crippen molar-refractivity contribution < 1.29 is 23.9 Å². The van der Waals surface area contributed by atoms with Crippen molar-refractivity contribution in [2.75, 3.05) is 36.5 Å². The van der Waals surface area contributed by atoms with Crippen LogP contribution in [0.15, 0.2) is 66.7 Å². The molecule has 0 radical (unpaired) electrons. The van der Waals surface area contributed by atoms with Gasteiger partial charge in [-0.15, -0.1) is 0 Å². The third-order valence-corrected chi connectivity index (χ3v) is 6.34. The van der Waals surface area contributed by atoms with Crippen LogP contribution >= 0.6 is 0 Å². The first-order valence-electron chi connectivity index (χ1n) is 12.1. The Labute approximate surface area is 214 Å². The summed E-state index contributed by atoms with van der Waals surface area (Å²) >= 11 is 0. The van der Waals surface area contributed by atoms with Gasteiger partial charge in [-0.25, -0.2) is 0 Å². The van der Waals surface area contributed by atoms with Crippen LogP contribution in [-0.4, -0.2) is 54.8 Å². The van der Waals surface area contributed by atoms with Crippen LogP contribution in [-0.2, 0) is 11.3 Å². The van der Waals surface area contributed by atoms with E-state index in [0.29, 0.717) is 53.4 Å². The molecule has 0 bridgehead atoms. The molecule has 0 aromatic heterocycles. The van der Waals surface area contributed by atoms with Gasteiger partial charge in [-0.2, -0.15) is 0 Å². The molecule has 3 aromatic rings. The minimum absolute atomic E-state index is 0.0202. The lowest BCUT2D eigenvalue weighted by atomic mass is 10.1. The number of hydrogen-bond donors (Lipinski definition) is 2. The number of amides is 4. The molecule has 9 nitrogen and oxygen atoms in total. The van der Waals surface area contributed by atoms with E-state index < -0.39 is 0 Å². The summed E-state index contributed by atoms with van der Waals surface area (Å²) in [5, 5.41) is 5.68. The van der Waals surface area contributed by atoms with Crippen LogP contribution in [0.25, 0.3) is 0 Å². The van der Waals surface area contributed by atoms with Gasteiger partial charge in [0, 0.05) is 24.5 Å². The molecule has 0 unspecified atom stereocenters. The summed E-state index contributed by atoms with van der Waals surface area (Å²) in [5.74, 6) is -0.702. The maximum Gasteiger partial charge on any atom is 0.261 e. The van der Waals surface area contributed by atoms with E-state index in [-0.39, 0.29) is 30.2 Å². The van der Waals surface area contributed by atoms with Gasteiger partial charge >= 0.3 is 0 Å². The van der Waals surface area contributed by atoms with Gasteiger partial charge in [-0.1, -0.05) is 18.2 Å². The maximum absolute atomic E-state index is 13.2. The molecule has 2 N–H and O–H groups in total. The van der Waals surface area contributed by atoms with Crippen molar-refractivity contribution in [2.45, 2.75) is 13.5 Å². The van der Waals surface area contributed by atoms with Crippen LogP contribution in [0, 0.1) is 0 Å². The van der Waals surface area contributed by atoms with Crippen molar-refractivity contribution in [1.29, 1.82) is 0 Å². The monoisotopic (exact) mass is 498 g/mol. The smallest absolute Gasteiger partial charge is 0.261 e. The summed E-state index contributed by atoms with van der Waals surface area (Å²) in [5.41, 5.74) is 3.17. The number of nitrogens with one attached hydrogen (secondary N) is 2. The van der Waals surface area contributed by atoms with Gasteiger partial charge in [0.25, 0.3) is 17.7 Å². The molecule has 37 heavy (non-hydrogen) atoms. The number of nitrogens with zero attached hydrogens (tertiary/aromatic N) is 2. The topological polar surface area (TPSA) is 108 Å². The largest absolute Gasteiger partial charge is 0.493 e. The molecule has 1 fully saturated rings. The van der Waals surface area contributed by atoms with Gasteiger partial charge in [0.05, 0.1) is 36.4 Å². The Morgan fingerprint density at radius 3 is 2.32 bits per heavy atom. The highest BCUT2D eigenvalue weighted by atomic mass is 16.5. The third kappa shape index (κ3) is 4.88. The lowest BCUT2D eigenvalue weighted by Crippen LogP contribution is -2.47. The zero-order chi connectivity index (χ0) is 25.9. The highest BCUT2D eigenvalue weighted by Crippen LogP contribution is 2.27. The number of carbonyl (C=O) groups excluding carboxylic acids is 4. The van der Waals surface area contributed by atoms with E-state index in [4.69, 9.17) is 4.74 Å². The maximum atomic E-state index is 13.2. The first-order valence-corrected chi connectivity index (χ1v) is 12.1. The van der Waals surface area contributed by atoms with E-state index in [1.807, 2.05) is 24.0 Å².